The van der Waals surface area contributed by atoms with Gasteiger partial charge < -0.3 is 16.2 Å². The van der Waals surface area contributed by atoms with Crippen LogP contribution in [0.4, 0.5) is 10.8 Å². The molecule has 0 aliphatic heterocycles. The molecule has 1 amide bonds. The molecule has 0 spiro atoms. The van der Waals surface area contributed by atoms with Crippen molar-refractivity contribution in [1.29, 1.82) is 0 Å². The highest BCUT2D eigenvalue weighted by molar-refractivity contribution is 7.13. The number of halogens is 1. The molecule has 0 radical (unpaired) electrons. The molecule has 0 atom stereocenters. The highest BCUT2D eigenvalue weighted by atomic mass is 35.5. The normalized spacial score (nSPS) is 10.2. The number of aromatic carboxylic acids is 1. The van der Waals surface area contributed by atoms with Gasteiger partial charge in [0, 0.05) is 11.1 Å². The molecule has 1 aromatic carbocycles. The number of rotatable bonds is 3. The number of hydrogen-bond donors (Lipinski definition) is 3. The molecule has 2 aromatic rings. The summed E-state index contributed by atoms with van der Waals surface area (Å²) in [5.74, 6) is -1.57. The number of nitrogens with zero attached hydrogens (tertiary/aromatic N) is 1. The monoisotopic (exact) mass is 297 g/mol. The zero-order valence-electron chi connectivity index (χ0n) is 9.38. The molecule has 6 nitrogen and oxygen atoms in total. The third kappa shape index (κ3) is 3.01. The Kier molecular flexibility index (Phi) is 3.68. The number of carboxylic acid groups (broad SMARTS) is 1. The Bertz CT molecular complexity index is 656. The highest BCUT2D eigenvalue weighted by Gasteiger charge is 2.12. The van der Waals surface area contributed by atoms with E-state index in [2.05, 4.69) is 10.3 Å². The number of hydrogen-bond acceptors (Lipinski definition) is 5. The van der Waals surface area contributed by atoms with Crippen molar-refractivity contribution in [2.24, 2.45) is 0 Å². The fraction of sp³-hybridized carbons (Fsp3) is 0. The van der Waals surface area contributed by atoms with Gasteiger partial charge >= 0.3 is 5.97 Å². The van der Waals surface area contributed by atoms with E-state index in [0.29, 0.717) is 10.8 Å². The van der Waals surface area contributed by atoms with Crippen LogP contribution in [-0.2, 0) is 0 Å². The Labute approximate surface area is 116 Å². The molecule has 0 saturated carbocycles. The number of benzene rings is 1. The van der Waals surface area contributed by atoms with Crippen LogP contribution in [0.25, 0.3) is 0 Å². The number of nitrogen functional groups attached to an aromatic ring is 1. The van der Waals surface area contributed by atoms with Gasteiger partial charge in [-0.3, -0.25) is 4.79 Å². The van der Waals surface area contributed by atoms with Crippen LogP contribution in [0.15, 0.2) is 23.6 Å². The van der Waals surface area contributed by atoms with E-state index >= 15 is 0 Å². The SMILES string of the molecule is Nc1nc(C(=O)Nc2ccc(C(=O)O)c(Cl)c2)cs1. The zero-order chi connectivity index (χ0) is 14.0. The number of thiazole rings is 1. The number of carboxylic acids is 1. The van der Waals surface area contributed by atoms with Crippen molar-refractivity contribution >= 4 is 45.6 Å². The Morgan fingerprint density at radius 3 is 2.68 bits per heavy atom. The molecule has 0 saturated heterocycles. The Morgan fingerprint density at radius 1 is 1.42 bits per heavy atom. The van der Waals surface area contributed by atoms with Crippen LogP contribution >= 0.6 is 22.9 Å². The van der Waals surface area contributed by atoms with E-state index in [1.165, 1.54) is 23.6 Å². The van der Waals surface area contributed by atoms with Crippen molar-refractivity contribution in [2.45, 2.75) is 0 Å². The molecule has 8 heteroatoms. The minimum Gasteiger partial charge on any atom is -0.478 e. The topological polar surface area (TPSA) is 105 Å². The van der Waals surface area contributed by atoms with Crippen LogP contribution < -0.4 is 11.1 Å². The largest absolute Gasteiger partial charge is 0.478 e. The first-order chi connectivity index (χ1) is 8.97. The fourth-order valence-electron chi connectivity index (χ4n) is 1.35. The lowest BCUT2D eigenvalue weighted by Gasteiger charge is -2.05. The lowest BCUT2D eigenvalue weighted by Crippen LogP contribution is -2.12. The first-order valence-corrected chi connectivity index (χ1v) is 6.28. The maximum Gasteiger partial charge on any atom is 0.337 e. The van der Waals surface area contributed by atoms with Crippen LogP contribution in [-0.4, -0.2) is 22.0 Å². The van der Waals surface area contributed by atoms with Crippen molar-refractivity contribution in [3.63, 3.8) is 0 Å². The smallest absolute Gasteiger partial charge is 0.337 e. The van der Waals surface area contributed by atoms with Gasteiger partial charge in [-0.2, -0.15) is 0 Å². The van der Waals surface area contributed by atoms with Gasteiger partial charge in [0.05, 0.1) is 10.6 Å². The van der Waals surface area contributed by atoms with E-state index in [1.807, 2.05) is 0 Å². The molecular weight excluding hydrogens is 290 g/mol. The number of amides is 1. The van der Waals surface area contributed by atoms with Gasteiger partial charge in [0.1, 0.15) is 5.69 Å². The van der Waals surface area contributed by atoms with Gasteiger partial charge in [-0.25, -0.2) is 9.78 Å². The standard InChI is InChI=1S/C11H8ClN3O3S/c12-7-3-5(1-2-6(7)10(17)18)14-9(16)8-4-19-11(13)15-8/h1-4H,(H2,13,15)(H,14,16)(H,17,18). The van der Waals surface area contributed by atoms with Gasteiger partial charge in [-0.15, -0.1) is 11.3 Å². The van der Waals surface area contributed by atoms with Gasteiger partial charge in [0.2, 0.25) is 0 Å². The summed E-state index contributed by atoms with van der Waals surface area (Å²) in [6.07, 6.45) is 0. The predicted octanol–water partition coefficient (Wildman–Crippen LogP) is 2.33. The maximum atomic E-state index is 11.8. The molecule has 0 unspecified atom stereocenters. The average Bonchev–Trinajstić information content (AvgIpc) is 2.75. The number of aromatic nitrogens is 1. The lowest BCUT2D eigenvalue weighted by molar-refractivity contribution is 0.0697. The third-order valence-corrected chi connectivity index (χ3v) is 3.20. The van der Waals surface area contributed by atoms with E-state index in [4.69, 9.17) is 22.4 Å². The van der Waals surface area contributed by atoms with Crippen molar-refractivity contribution in [2.75, 3.05) is 11.1 Å². The molecule has 0 bridgehead atoms. The van der Waals surface area contributed by atoms with Crippen LogP contribution in [0.5, 0.6) is 0 Å². The minimum atomic E-state index is -1.13. The Balaban J connectivity index is 2.18. The third-order valence-electron chi connectivity index (χ3n) is 2.21. The van der Waals surface area contributed by atoms with Gasteiger partial charge in [0.15, 0.2) is 5.13 Å². The molecular formula is C11H8ClN3O3S. The summed E-state index contributed by atoms with van der Waals surface area (Å²) in [7, 11) is 0. The van der Waals surface area contributed by atoms with Gasteiger partial charge in [-0.1, -0.05) is 11.6 Å². The molecule has 0 aliphatic carbocycles. The summed E-state index contributed by atoms with van der Waals surface area (Å²) >= 11 is 6.95. The summed E-state index contributed by atoms with van der Waals surface area (Å²) in [6, 6.07) is 4.12. The summed E-state index contributed by atoms with van der Waals surface area (Å²) in [4.78, 5) is 26.4. The van der Waals surface area contributed by atoms with Crippen LogP contribution in [0, 0.1) is 0 Å². The second kappa shape index (κ2) is 5.25. The second-order valence-electron chi connectivity index (χ2n) is 3.52. The number of nitrogens with two attached hydrogens (primary N) is 1. The van der Waals surface area contributed by atoms with E-state index < -0.39 is 11.9 Å². The number of anilines is 2. The van der Waals surface area contributed by atoms with E-state index in [1.54, 1.807) is 0 Å². The fourth-order valence-corrected chi connectivity index (χ4v) is 2.16. The van der Waals surface area contributed by atoms with E-state index in [-0.39, 0.29) is 16.3 Å². The molecule has 0 aliphatic rings. The van der Waals surface area contributed by atoms with Crippen molar-refractivity contribution in [1.82, 2.24) is 4.98 Å². The number of carbonyl (C=O) groups is 2. The second-order valence-corrected chi connectivity index (χ2v) is 4.82. The molecule has 0 fully saturated rings. The molecule has 1 heterocycles. The number of nitrogens with one attached hydrogen (secondary N) is 1. The van der Waals surface area contributed by atoms with Crippen molar-refractivity contribution < 1.29 is 14.7 Å². The minimum absolute atomic E-state index is 0.0300. The average molecular weight is 298 g/mol. The molecule has 1 aromatic heterocycles. The first-order valence-electron chi connectivity index (χ1n) is 5.02. The molecule has 98 valence electrons. The number of carbonyl (C=O) groups excluding carboxylic acids is 1. The lowest BCUT2D eigenvalue weighted by atomic mass is 10.2. The Hall–Kier alpha value is -2.12. The van der Waals surface area contributed by atoms with Crippen LogP contribution in [0.1, 0.15) is 20.8 Å². The summed E-state index contributed by atoms with van der Waals surface area (Å²) in [5, 5.41) is 13.2. The summed E-state index contributed by atoms with van der Waals surface area (Å²) < 4.78 is 0. The van der Waals surface area contributed by atoms with E-state index in [0.717, 1.165) is 11.3 Å². The quantitative estimate of drug-likeness (QED) is 0.806. The maximum absolute atomic E-state index is 11.8. The van der Waals surface area contributed by atoms with Gasteiger partial charge in [-0.05, 0) is 18.2 Å². The van der Waals surface area contributed by atoms with E-state index in [9.17, 15) is 9.59 Å². The van der Waals surface area contributed by atoms with Crippen molar-refractivity contribution in [3.05, 3.63) is 39.9 Å². The zero-order valence-corrected chi connectivity index (χ0v) is 11.0. The van der Waals surface area contributed by atoms with Gasteiger partial charge in [0.25, 0.3) is 5.91 Å². The highest BCUT2D eigenvalue weighted by Crippen LogP contribution is 2.21. The predicted molar refractivity (Wildman–Crippen MR) is 72.9 cm³/mol. The molecule has 19 heavy (non-hydrogen) atoms. The van der Waals surface area contributed by atoms with Crippen LogP contribution in [0.3, 0.4) is 0 Å². The summed E-state index contributed by atoms with van der Waals surface area (Å²) in [5.41, 5.74) is 5.97. The van der Waals surface area contributed by atoms with Crippen molar-refractivity contribution in [3.8, 4) is 0 Å². The Morgan fingerprint density at radius 2 is 2.16 bits per heavy atom. The molecule has 4 N–H and O–H groups in total. The molecule has 2 rings (SSSR count). The first kappa shape index (κ1) is 13.3. The summed E-state index contributed by atoms with van der Waals surface area (Å²) in [6.45, 7) is 0. The van der Waals surface area contributed by atoms with Crippen LogP contribution in [0.2, 0.25) is 5.02 Å².